The van der Waals surface area contributed by atoms with Crippen LogP contribution >= 0.6 is 12.2 Å². The molecule has 2 heterocycles. The van der Waals surface area contributed by atoms with Crippen molar-refractivity contribution in [2.45, 2.75) is 31.0 Å². The highest BCUT2D eigenvalue weighted by atomic mass is 32.1. The van der Waals surface area contributed by atoms with Gasteiger partial charge in [0.05, 0.1) is 16.7 Å². The predicted octanol–water partition coefficient (Wildman–Crippen LogP) is 3.47. The molecule has 1 aromatic heterocycles. The lowest BCUT2D eigenvalue weighted by molar-refractivity contribution is -0.111. The summed E-state index contributed by atoms with van der Waals surface area (Å²) in [4.78, 5) is 56.8. The summed E-state index contributed by atoms with van der Waals surface area (Å²) in [7, 11) is 0. The Morgan fingerprint density at radius 3 is 1.95 bits per heavy atom. The van der Waals surface area contributed by atoms with Gasteiger partial charge in [-0.3, -0.25) is 9.36 Å². The zero-order chi connectivity index (χ0) is 31.3. The smallest absolute Gasteiger partial charge is 0.338 e. The molecule has 4 atom stereocenters. The molecule has 1 saturated heterocycles. The topological polar surface area (TPSA) is 149 Å². The Balaban J connectivity index is 1.58. The third kappa shape index (κ3) is 6.26. The van der Waals surface area contributed by atoms with E-state index in [0.717, 1.165) is 4.57 Å². The van der Waals surface area contributed by atoms with Crippen molar-refractivity contribution in [2.75, 3.05) is 6.61 Å². The molecule has 0 spiro atoms. The molecule has 12 heteroatoms. The number of nitrogens with zero attached hydrogens (tertiary/aromatic N) is 2. The van der Waals surface area contributed by atoms with Crippen LogP contribution in [-0.2, 0) is 18.9 Å². The maximum atomic E-state index is 13.5. The fourth-order valence-corrected chi connectivity index (χ4v) is 4.98. The van der Waals surface area contributed by atoms with Gasteiger partial charge >= 0.3 is 17.9 Å². The molecule has 0 radical (unpaired) electrons. The van der Waals surface area contributed by atoms with Crippen molar-refractivity contribution in [3.63, 3.8) is 0 Å². The average Bonchev–Trinajstić information content (AvgIpc) is 3.30. The molecule has 4 aromatic rings. The molecule has 5 rings (SSSR count). The lowest BCUT2D eigenvalue weighted by Gasteiger charge is -2.34. The minimum atomic E-state index is -1.85. The summed E-state index contributed by atoms with van der Waals surface area (Å²) < 4.78 is 24.9. The Hall–Kier alpha value is -5.20. The van der Waals surface area contributed by atoms with Crippen molar-refractivity contribution in [2.24, 2.45) is 5.73 Å². The van der Waals surface area contributed by atoms with Crippen LogP contribution in [0.25, 0.3) is 0 Å². The van der Waals surface area contributed by atoms with Crippen molar-refractivity contribution in [1.29, 1.82) is 0 Å². The summed E-state index contributed by atoms with van der Waals surface area (Å²) in [6.07, 6.45) is -1.37. The number of ether oxygens (including phenoxy) is 4. The fourth-order valence-electron chi connectivity index (χ4n) is 4.84. The maximum Gasteiger partial charge on any atom is 0.338 e. The first kappa shape index (κ1) is 30.3. The SMILES string of the molecule is C[C@]1(OC(=O)c2ccccc2)C(OC(=O)c2ccccc2)[C@@H](COC(=O)c2ccccc2)O[C@H]1n1ccnc(C(N)=S)c1=O. The average molecular weight is 614 g/mol. The van der Waals surface area contributed by atoms with E-state index in [2.05, 4.69) is 4.98 Å². The van der Waals surface area contributed by atoms with Gasteiger partial charge in [-0.05, 0) is 43.3 Å². The minimum absolute atomic E-state index is 0.200. The summed E-state index contributed by atoms with van der Waals surface area (Å²) >= 11 is 5.00. The van der Waals surface area contributed by atoms with Crippen molar-refractivity contribution in [3.8, 4) is 0 Å². The number of hydrogen-bond donors (Lipinski definition) is 1. The molecule has 3 aromatic carbocycles. The second-order valence-electron chi connectivity index (χ2n) is 9.98. The van der Waals surface area contributed by atoms with Gasteiger partial charge in [0.1, 0.15) is 17.7 Å². The number of hydrogen-bond acceptors (Lipinski definition) is 10. The predicted molar refractivity (Wildman–Crippen MR) is 161 cm³/mol. The van der Waals surface area contributed by atoms with Crippen LogP contribution in [0.15, 0.2) is 108 Å². The van der Waals surface area contributed by atoms with E-state index in [1.807, 2.05) is 0 Å². The molecule has 11 nitrogen and oxygen atoms in total. The monoisotopic (exact) mass is 613 g/mol. The van der Waals surface area contributed by atoms with Crippen LogP contribution in [0.2, 0.25) is 0 Å². The van der Waals surface area contributed by atoms with Crippen LogP contribution in [0.4, 0.5) is 0 Å². The van der Waals surface area contributed by atoms with Gasteiger partial charge in [0.25, 0.3) is 5.56 Å². The molecular formula is C32H27N3O8S. The molecule has 224 valence electrons. The van der Waals surface area contributed by atoms with E-state index in [9.17, 15) is 19.2 Å². The van der Waals surface area contributed by atoms with Crippen LogP contribution in [0.5, 0.6) is 0 Å². The number of aromatic nitrogens is 2. The summed E-state index contributed by atoms with van der Waals surface area (Å²) in [5.41, 5.74) is 3.62. The second-order valence-corrected chi connectivity index (χ2v) is 10.4. The summed E-state index contributed by atoms with van der Waals surface area (Å²) in [5, 5.41) is 0. The van der Waals surface area contributed by atoms with Gasteiger partial charge in [-0.1, -0.05) is 66.8 Å². The van der Waals surface area contributed by atoms with Crippen LogP contribution in [0.1, 0.15) is 49.9 Å². The highest BCUT2D eigenvalue weighted by molar-refractivity contribution is 7.80. The molecular weight excluding hydrogens is 586 g/mol. The van der Waals surface area contributed by atoms with Crippen molar-refractivity contribution >= 4 is 35.1 Å². The molecule has 1 unspecified atom stereocenters. The fraction of sp³-hybridized carbons (Fsp3) is 0.188. The van der Waals surface area contributed by atoms with Crippen LogP contribution in [0.3, 0.4) is 0 Å². The Morgan fingerprint density at radius 1 is 0.886 bits per heavy atom. The van der Waals surface area contributed by atoms with E-state index in [4.69, 9.17) is 36.9 Å². The molecule has 0 amide bonds. The Bertz CT molecular complexity index is 1730. The van der Waals surface area contributed by atoms with Gasteiger partial charge in [0, 0.05) is 12.4 Å². The van der Waals surface area contributed by atoms with Gasteiger partial charge in [0.2, 0.25) is 0 Å². The zero-order valence-electron chi connectivity index (χ0n) is 23.4. The zero-order valence-corrected chi connectivity index (χ0v) is 24.2. The van der Waals surface area contributed by atoms with Gasteiger partial charge in [0.15, 0.2) is 23.6 Å². The largest absolute Gasteiger partial charge is 0.459 e. The first-order chi connectivity index (χ1) is 21.2. The van der Waals surface area contributed by atoms with E-state index in [-0.39, 0.29) is 27.4 Å². The van der Waals surface area contributed by atoms with Gasteiger partial charge in [-0.15, -0.1) is 0 Å². The van der Waals surface area contributed by atoms with Crippen LogP contribution < -0.4 is 11.3 Å². The van der Waals surface area contributed by atoms with Crippen molar-refractivity contribution in [3.05, 3.63) is 136 Å². The number of esters is 3. The van der Waals surface area contributed by atoms with Gasteiger partial charge in [-0.25, -0.2) is 19.4 Å². The molecule has 1 aliphatic heterocycles. The number of carbonyl (C=O) groups excluding carboxylic acids is 3. The molecule has 1 fully saturated rings. The van der Waals surface area contributed by atoms with E-state index in [0.29, 0.717) is 0 Å². The number of carbonyl (C=O) groups is 3. The number of nitrogens with two attached hydrogens (primary N) is 1. The molecule has 44 heavy (non-hydrogen) atoms. The van der Waals surface area contributed by atoms with E-state index in [1.165, 1.54) is 19.3 Å². The standard InChI is InChI=1S/C32H27N3O8S/c1-32(43-30(39)22-15-9-4-10-16-22)25(42-29(38)21-13-7-3-8-14-21)23(19-40-28(37)20-11-5-2-6-12-20)41-31(32)35-18-17-34-24(26(33)44)27(35)36/h2-18,23,25,31H,19H2,1H3,(H2,33,44)/t23-,25?,31-,32+/m1/s1. The molecule has 1 aliphatic rings. The molecule has 0 bridgehead atoms. The number of rotatable bonds is 9. The number of benzene rings is 3. The molecule has 0 saturated carbocycles. The lowest BCUT2D eigenvalue weighted by atomic mass is 9.95. The minimum Gasteiger partial charge on any atom is -0.459 e. The van der Waals surface area contributed by atoms with E-state index >= 15 is 0 Å². The quantitative estimate of drug-likeness (QED) is 0.168. The first-order valence-electron chi connectivity index (χ1n) is 13.5. The summed E-state index contributed by atoms with van der Waals surface area (Å²) in [6.45, 7) is 1.05. The molecule has 0 aliphatic carbocycles. The summed E-state index contributed by atoms with van der Waals surface area (Å²) in [5.74, 6) is -2.20. The molecule has 2 N–H and O–H groups in total. The Morgan fingerprint density at radius 2 is 1.41 bits per heavy atom. The third-order valence-electron chi connectivity index (χ3n) is 7.00. The third-order valence-corrected chi connectivity index (χ3v) is 7.20. The Kier molecular flexibility index (Phi) is 8.93. The van der Waals surface area contributed by atoms with Gasteiger partial charge < -0.3 is 24.7 Å². The van der Waals surface area contributed by atoms with E-state index in [1.54, 1.807) is 91.0 Å². The normalized spacial score (nSPS) is 20.8. The van der Waals surface area contributed by atoms with Crippen LogP contribution in [-0.4, -0.2) is 56.9 Å². The lowest BCUT2D eigenvalue weighted by Crippen LogP contribution is -2.52. The Labute approximate surface area is 257 Å². The number of thiocarbonyl (C=S) groups is 1. The first-order valence-corrected chi connectivity index (χ1v) is 13.9. The van der Waals surface area contributed by atoms with Crippen molar-refractivity contribution < 1.29 is 33.3 Å². The van der Waals surface area contributed by atoms with Gasteiger partial charge in [-0.2, -0.15) is 0 Å². The highest BCUT2D eigenvalue weighted by Gasteiger charge is 2.60. The maximum absolute atomic E-state index is 13.5. The summed E-state index contributed by atoms with van der Waals surface area (Å²) in [6, 6.07) is 24.5. The van der Waals surface area contributed by atoms with Crippen molar-refractivity contribution in [1.82, 2.24) is 9.55 Å². The van der Waals surface area contributed by atoms with Crippen LogP contribution in [0, 0.1) is 0 Å². The second kappa shape index (κ2) is 13.0. The van der Waals surface area contributed by atoms with E-state index < -0.39 is 54.1 Å². The highest BCUT2D eigenvalue weighted by Crippen LogP contribution is 2.43.